The normalized spacial score (nSPS) is 27.5. The molecular formula is C12H22O2. The number of carbonyl (C=O) groups is 1. The number of hydrogen-bond donors (Lipinski definition) is 1. The zero-order valence-corrected chi connectivity index (χ0v) is 9.71. The minimum atomic E-state index is -0.662. The highest BCUT2D eigenvalue weighted by Crippen LogP contribution is 2.44. The molecule has 0 aromatic rings. The SMILES string of the molecule is CC(C)C1CC(CC(C)(C)C(=O)O)C1. The van der Waals surface area contributed by atoms with E-state index in [1.54, 1.807) is 0 Å². The summed E-state index contributed by atoms with van der Waals surface area (Å²) in [6.07, 6.45) is 3.30. The van der Waals surface area contributed by atoms with E-state index in [0.717, 1.165) is 18.3 Å². The third-order valence-electron chi connectivity index (χ3n) is 3.59. The van der Waals surface area contributed by atoms with Gasteiger partial charge in [-0.1, -0.05) is 13.8 Å². The summed E-state index contributed by atoms with van der Waals surface area (Å²) in [7, 11) is 0. The van der Waals surface area contributed by atoms with Gasteiger partial charge in [0.15, 0.2) is 0 Å². The summed E-state index contributed by atoms with van der Waals surface area (Å²) < 4.78 is 0. The maximum Gasteiger partial charge on any atom is 0.309 e. The van der Waals surface area contributed by atoms with Crippen LogP contribution in [0, 0.1) is 23.2 Å². The van der Waals surface area contributed by atoms with Gasteiger partial charge in [0, 0.05) is 0 Å². The molecular weight excluding hydrogens is 176 g/mol. The summed E-state index contributed by atoms with van der Waals surface area (Å²) in [4.78, 5) is 10.9. The maximum atomic E-state index is 10.9. The van der Waals surface area contributed by atoms with Gasteiger partial charge in [0.1, 0.15) is 0 Å². The molecule has 0 aromatic heterocycles. The average Bonchev–Trinajstić information content (AvgIpc) is 1.94. The molecule has 0 aliphatic heterocycles. The third-order valence-corrected chi connectivity index (χ3v) is 3.59. The molecule has 1 N–H and O–H groups in total. The Morgan fingerprint density at radius 1 is 1.43 bits per heavy atom. The van der Waals surface area contributed by atoms with Crippen LogP contribution in [0.15, 0.2) is 0 Å². The molecule has 2 nitrogen and oxygen atoms in total. The van der Waals surface area contributed by atoms with Gasteiger partial charge in [0.25, 0.3) is 0 Å². The van der Waals surface area contributed by atoms with Gasteiger partial charge in [-0.2, -0.15) is 0 Å². The molecule has 0 heterocycles. The molecule has 1 saturated carbocycles. The van der Waals surface area contributed by atoms with Gasteiger partial charge < -0.3 is 5.11 Å². The first-order valence-electron chi connectivity index (χ1n) is 5.56. The minimum Gasteiger partial charge on any atom is -0.481 e. The highest BCUT2D eigenvalue weighted by Gasteiger charge is 2.37. The zero-order valence-electron chi connectivity index (χ0n) is 9.71. The van der Waals surface area contributed by atoms with Crippen LogP contribution in [-0.4, -0.2) is 11.1 Å². The highest BCUT2D eigenvalue weighted by molar-refractivity contribution is 5.73. The maximum absolute atomic E-state index is 10.9. The fraction of sp³-hybridized carbons (Fsp3) is 0.917. The van der Waals surface area contributed by atoms with Crippen LogP contribution in [0.2, 0.25) is 0 Å². The number of hydrogen-bond acceptors (Lipinski definition) is 1. The fourth-order valence-corrected chi connectivity index (χ4v) is 2.31. The van der Waals surface area contributed by atoms with E-state index < -0.39 is 11.4 Å². The van der Waals surface area contributed by atoms with Crippen LogP contribution in [-0.2, 0) is 4.79 Å². The lowest BCUT2D eigenvalue weighted by Gasteiger charge is -2.40. The molecule has 1 fully saturated rings. The van der Waals surface area contributed by atoms with E-state index in [0.29, 0.717) is 5.92 Å². The second kappa shape index (κ2) is 3.92. The molecule has 1 rings (SSSR count). The van der Waals surface area contributed by atoms with E-state index in [9.17, 15) is 4.79 Å². The summed E-state index contributed by atoms with van der Waals surface area (Å²) in [5, 5.41) is 8.98. The quantitative estimate of drug-likeness (QED) is 0.753. The Labute approximate surface area is 86.7 Å². The molecule has 82 valence electrons. The van der Waals surface area contributed by atoms with Crippen molar-refractivity contribution < 1.29 is 9.90 Å². The molecule has 0 radical (unpaired) electrons. The monoisotopic (exact) mass is 198 g/mol. The molecule has 0 amide bonds. The van der Waals surface area contributed by atoms with Crippen molar-refractivity contribution in [3.05, 3.63) is 0 Å². The Hall–Kier alpha value is -0.530. The Morgan fingerprint density at radius 3 is 2.29 bits per heavy atom. The third kappa shape index (κ3) is 2.49. The molecule has 0 atom stereocenters. The van der Waals surface area contributed by atoms with E-state index in [4.69, 9.17) is 5.11 Å². The van der Waals surface area contributed by atoms with Crippen molar-refractivity contribution in [3.8, 4) is 0 Å². The average molecular weight is 198 g/mol. The van der Waals surface area contributed by atoms with Gasteiger partial charge in [0.2, 0.25) is 0 Å². The lowest BCUT2D eigenvalue weighted by molar-refractivity contribution is -0.148. The van der Waals surface area contributed by atoms with Gasteiger partial charge in [-0.05, 0) is 50.9 Å². The Balaban J connectivity index is 2.32. The first-order chi connectivity index (χ1) is 6.33. The molecule has 1 aliphatic carbocycles. The summed E-state index contributed by atoms with van der Waals surface area (Å²) in [6, 6.07) is 0. The van der Waals surface area contributed by atoms with Crippen LogP contribution >= 0.6 is 0 Å². The van der Waals surface area contributed by atoms with Crippen LogP contribution in [0.1, 0.15) is 47.0 Å². The molecule has 0 saturated heterocycles. The number of carboxylic acids is 1. The van der Waals surface area contributed by atoms with E-state index in [2.05, 4.69) is 13.8 Å². The predicted molar refractivity (Wildman–Crippen MR) is 57.1 cm³/mol. The van der Waals surface area contributed by atoms with Gasteiger partial charge in [-0.15, -0.1) is 0 Å². The smallest absolute Gasteiger partial charge is 0.309 e. The van der Waals surface area contributed by atoms with Crippen molar-refractivity contribution in [2.45, 2.75) is 47.0 Å². The van der Waals surface area contributed by atoms with Crippen LogP contribution in [0.5, 0.6) is 0 Å². The van der Waals surface area contributed by atoms with Crippen molar-refractivity contribution in [2.24, 2.45) is 23.2 Å². The van der Waals surface area contributed by atoms with Gasteiger partial charge in [-0.25, -0.2) is 0 Å². The Morgan fingerprint density at radius 2 is 1.93 bits per heavy atom. The van der Waals surface area contributed by atoms with Crippen LogP contribution in [0.25, 0.3) is 0 Å². The number of aliphatic carboxylic acids is 1. The summed E-state index contributed by atoms with van der Waals surface area (Å²) in [6.45, 7) is 8.17. The van der Waals surface area contributed by atoms with Crippen LogP contribution < -0.4 is 0 Å². The fourth-order valence-electron chi connectivity index (χ4n) is 2.31. The molecule has 0 unspecified atom stereocenters. The lowest BCUT2D eigenvalue weighted by Crippen LogP contribution is -2.34. The van der Waals surface area contributed by atoms with Crippen molar-refractivity contribution >= 4 is 5.97 Å². The largest absolute Gasteiger partial charge is 0.481 e. The van der Waals surface area contributed by atoms with Crippen LogP contribution in [0.4, 0.5) is 0 Å². The van der Waals surface area contributed by atoms with Crippen molar-refractivity contribution in [1.82, 2.24) is 0 Å². The standard InChI is InChI=1S/C12H22O2/c1-8(2)10-5-9(6-10)7-12(3,4)11(13)14/h8-10H,5-7H2,1-4H3,(H,13,14). The summed E-state index contributed by atoms with van der Waals surface area (Å²) in [5.41, 5.74) is -0.535. The second-order valence-electron chi connectivity index (χ2n) is 5.73. The van der Waals surface area contributed by atoms with Gasteiger partial charge in [-0.3, -0.25) is 4.79 Å². The van der Waals surface area contributed by atoms with Gasteiger partial charge >= 0.3 is 5.97 Å². The highest BCUT2D eigenvalue weighted by atomic mass is 16.4. The molecule has 0 spiro atoms. The number of carboxylic acid groups (broad SMARTS) is 1. The predicted octanol–water partition coefficient (Wildman–Crippen LogP) is 3.17. The minimum absolute atomic E-state index is 0.535. The van der Waals surface area contributed by atoms with Crippen molar-refractivity contribution in [2.75, 3.05) is 0 Å². The van der Waals surface area contributed by atoms with E-state index >= 15 is 0 Å². The molecule has 2 heteroatoms. The second-order valence-corrected chi connectivity index (χ2v) is 5.73. The van der Waals surface area contributed by atoms with Crippen molar-refractivity contribution in [1.29, 1.82) is 0 Å². The van der Waals surface area contributed by atoms with Crippen molar-refractivity contribution in [3.63, 3.8) is 0 Å². The van der Waals surface area contributed by atoms with Gasteiger partial charge in [0.05, 0.1) is 5.41 Å². The first-order valence-corrected chi connectivity index (χ1v) is 5.56. The Bertz CT molecular complexity index is 212. The van der Waals surface area contributed by atoms with Crippen LogP contribution in [0.3, 0.4) is 0 Å². The molecule has 0 bridgehead atoms. The summed E-state index contributed by atoms with van der Waals surface area (Å²) >= 11 is 0. The molecule has 0 aromatic carbocycles. The lowest BCUT2D eigenvalue weighted by atomic mass is 9.64. The first kappa shape index (κ1) is 11.5. The topological polar surface area (TPSA) is 37.3 Å². The van der Waals surface area contributed by atoms with E-state index in [-0.39, 0.29) is 0 Å². The van der Waals surface area contributed by atoms with E-state index in [1.165, 1.54) is 12.8 Å². The van der Waals surface area contributed by atoms with E-state index in [1.807, 2.05) is 13.8 Å². The molecule has 1 aliphatic rings. The zero-order chi connectivity index (χ0) is 10.9. The Kier molecular flexibility index (Phi) is 3.23. The summed E-state index contributed by atoms with van der Waals surface area (Å²) in [5.74, 6) is 1.59. The number of rotatable bonds is 4. The molecule has 14 heavy (non-hydrogen) atoms.